The monoisotopic (exact) mass is 483 g/mol. The predicted octanol–water partition coefficient (Wildman–Crippen LogP) is 3.07. The summed E-state index contributed by atoms with van der Waals surface area (Å²) in [5, 5.41) is 10.7. The number of amides is 3. The van der Waals surface area contributed by atoms with Gasteiger partial charge in [-0.1, -0.05) is 30.3 Å². The maximum absolute atomic E-state index is 12.8. The molecule has 2 saturated heterocycles. The molecule has 0 N–H and O–H groups in total. The first-order valence-corrected chi connectivity index (χ1v) is 11.3. The Labute approximate surface area is 199 Å². The normalized spacial score (nSPS) is 17.4. The number of thioether (sulfide) groups is 1. The summed E-state index contributed by atoms with van der Waals surface area (Å²) in [6, 6.07) is 12.8. The van der Waals surface area contributed by atoms with Gasteiger partial charge in [0.1, 0.15) is 5.75 Å². The molecular weight excluding hydrogens is 462 g/mol. The van der Waals surface area contributed by atoms with Crippen LogP contribution in [0.15, 0.2) is 53.4 Å². The van der Waals surface area contributed by atoms with Gasteiger partial charge in [0, 0.05) is 24.7 Å². The quantitative estimate of drug-likeness (QED) is 0.335. The van der Waals surface area contributed by atoms with Crippen LogP contribution in [0.3, 0.4) is 0 Å². The van der Waals surface area contributed by atoms with Gasteiger partial charge >= 0.3 is 0 Å². The number of nitrogens with zero attached hydrogens (tertiary/aromatic N) is 3. The fraction of sp³-hybridized carbons (Fsp3) is 0.261. The van der Waals surface area contributed by atoms with E-state index in [1.54, 1.807) is 41.3 Å². The zero-order valence-corrected chi connectivity index (χ0v) is 18.9. The first kappa shape index (κ1) is 23.5. The molecule has 4 rings (SSSR count). The van der Waals surface area contributed by atoms with Crippen molar-refractivity contribution in [1.29, 1.82) is 0 Å². The number of morpholine rings is 1. The van der Waals surface area contributed by atoms with Crippen molar-refractivity contribution in [1.82, 2.24) is 9.80 Å². The van der Waals surface area contributed by atoms with Gasteiger partial charge < -0.3 is 14.4 Å². The van der Waals surface area contributed by atoms with E-state index >= 15 is 0 Å². The molecule has 10 nitrogen and oxygen atoms in total. The van der Waals surface area contributed by atoms with Crippen LogP contribution >= 0.6 is 11.8 Å². The van der Waals surface area contributed by atoms with Crippen molar-refractivity contribution >= 4 is 40.6 Å². The van der Waals surface area contributed by atoms with Gasteiger partial charge in [0.2, 0.25) is 0 Å². The van der Waals surface area contributed by atoms with Crippen LogP contribution in [0.2, 0.25) is 0 Å². The van der Waals surface area contributed by atoms with Gasteiger partial charge in [0.05, 0.1) is 29.6 Å². The molecule has 2 heterocycles. The molecule has 0 atom stereocenters. The molecule has 3 amide bonds. The minimum atomic E-state index is -0.539. The summed E-state index contributed by atoms with van der Waals surface area (Å²) < 4.78 is 10.8. The Morgan fingerprint density at radius 2 is 1.82 bits per heavy atom. The van der Waals surface area contributed by atoms with Crippen molar-refractivity contribution in [3.8, 4) is 5.75 Å². The largest absolute Gasteiger partial charge is 0.484 e. The second kappa shape index (κ2) is 10.5. The minimum Gasteiger partial charge on any atom is -0.484 e. The summed E-state index contributed by atoms with van der Waals surface area (Å²) in [6.45, 7) is 1.89. The summed E-state index contributed by atoms with van der Waals surface area (Å²) in [7, 11) is 0. The van der Waals surface area contributed by atoms with E-state index in [2.05, 4.69) is 0 Å². The third-order valence-electron chi connectivity index (χ3n) is 5.29. The molecule has 0 bridgehead atoms. The molecule has 2 aliphatic rings. The minimum absolute atomic E-state index is 0.0795. The Morgan fingerprint density at radius 3 is 2.53 bits per heavy atom. The molecule has 0 radical (unpaired) electrons. The van der Waals surface area contributed by atoms with Gasteiger partial charge in [0.25, 0.3) is 22.7 Å². The summed E-state index contributed by atoms with van der Waals surface area (Å²) >= 11 is 0.781. The van der Waals surface area contributed by atoms with E-state index in [-0.39, 0.29) is 35.2 Å². The number of hydrogen-bond acceptors (Lipinski definition) is 8. The molecule has 0 aromatic heterocycles. The number of nitro benzene ring substituents is 1. The Bertz CT molecular complexity index is 1140. The first-order chi connectivity index (χ1) is 16.4. The van der Waals surface area contributed by atoms with E-state index in [0.29, 0.717) is 37.6 Å². The van der Waals surface area contributed by atoms with Gasteiger partial charge in [0.15, 0.2) is 6.61 Å². The van der Waals surface area contributed by atoms with Gasteiger partial charge in [-0.15, -0.1) is 0 Å². The average molecular weight is 484 g/mol. The lowest BCUT2D eigenvalue weighted by molar-refractivity contribution is -0.385. The second-order valence-electron chi connectivity index (χ2n) is 7.50. The number of rotatable bonds is 7. The third-order valence-corrected chi connectivity index (χ3v) is 6.20. The van der Waals surface area contributed by atoms with Crippen LogP contribution < -0.4 is 4.74 Å². The van der Waals surface area contributed by atoms with E-state index in [9.17, 15) is 24.5 Å². The van der Waals surface area contributed by atoms with Crippen LogP contribution in [0.25, 0.3) is 6.08 Å². The Hall–Kier alpha value is -3.70. The molecule has 0 saturated carbocycles. The Kier molecular flexibility index (Phi) is 7.24. The van der Waals surface area contributed by atoms with E-state index in [1.807, 2.05) is 0 Å². The highest BCUT2D eigenvalue weighted by molar-refractivity contribution is 8.18. The van der Waals surface area contributed by atoms with Crippen LogP contribution in [0.1, 0.15) is 11.1 Å². The van der Waals surface area contributed by atoms with Crippen molar-refractivity contribution in [3.63, 3.8) is 0 Å². The van der Waals surface area contributed by atoms with Crippen molar-refractivity contribution in [2.24, 2.45) is 0 Å². The van der Waals surface area contributed by atoms with Crippen molar-refractivity contribution in [2.45, 2.75) is 6.54 Å². The van der Waals surface area contributed by atoms with Crippen molar-refractivity contribution < 1.29 is 28.8 Å². The molecule has 2 aliphatic heterocycles. The van der Waals surface area contributed by atoms with Crippen molar-refractivity contribution in [3.05, 3.63) is 74.7 Å². The second-order valence-corrected chi connectivity index (χ2v) is 8.50. The highest BCUT2D eigenvalue weighted by atomic mass is 32.2. The summed E-state index contributed by atoms with van der Waals surface area (Å²) in [6.07, 6.45) is 1.58. The number of carbonyl (C=O) groups excluding carboxylic acids is 3. The number of imide groups is 1. The Morgan fingerprint density at radius 1 is 1.12 bits per heavy atom. The highest BCUT2D eigenvalue weighted by Crippen LogP contribution is 2.34. The number of nitro groups is 1. The zero-order valence-electron chi connectivity index (χ0n) is 18.0. The Balaban J connectivity index is 1.38. The molecule has 2 aromatic carbocycles. The number of hydrogen-bond donors (Lipinski definition) is 0. The molecule has 176 valence electrons. The fourth-order valence-corrected chi connectivity index (χ4v) is 4.33. The van der Waals surface area contributed by atoms with Crippen molar-refractivity contribution in [2.75, 3.05) is 32.9 Å². The molecule has 0 spiro atoms. The SMILES string of the molecule is O=C(COc1ccc(/C=C2/SC(=O)N(Cc3ccccc3[N+](=O)[O-])C2=O)cc1)N1CCOCC1. The first-order valence-electron chi connectivity index (χ1n) is 10.5. The molecule has 11 heteroatoms. The van der Waals surface area contributed by atoms with E-state index in [0.717, 1.165) is 16.7 Å². The standard InChI is InChI=1S/C23H21N3O7S/c27-21(24-9-11-32-12-10-24)15-33-18-7-5-16(6-8-18)13-20-22(28)25(23(29)34-20)14-17-3-1-2-4-19(17)26(30)31/h1-8,13H,9-12,14-15H2/b20-13+. The summed E-state index contributed by atoms with van der Waals surface area (Å²) in [5.74, 6) is -0.118. The number of ether oxygens (including phenoxy) is 2. The number of benzene rings is 2. The predicted molar refractivity (Wildman–Crippen MR) is 124 cm³/mol. The average Bonchev–Trinajstić information content (AvgIpc) is 3.11. The third kappa shape index (κ3) is 5.43. The lowest BCUT2D eigenvalue weighted by atomic mass is 10.1. The molecule has 34 heavy (non-hydrogen) atoms. The lowest BCUT2D eigenvalue weighted by Crippen LogP contribution is -2.42. The summed E-state index contributed by atoms with van der Waals surface area (Å²) in [5.41, 5.74) is 0.806. The van der Waals surface area contributed by atoms with E-state index < -0.39 is 16.1 Å². The maximum Gasteiger partial charge on any atom is 0.293 e. The summed E-state index contributed by atoms with van der Waals surface area (Å²) in [4.78, 5) is 50.9. The maximum atomic E-state index is 12.8. The van der Waals surface area contributed by atoms with E-state index in [1.165, 1.54) is 18.2 Å². The van der Waals surface area contributed by atoms with Gasteiger partial charge in [-0.25, -0.2) is 0 Å². The van der Waals surface area contributed by atoms with Crippen LogP contribution in [-0.2, 0) is 20.9 Å². The van der Waals surface area contributed by atoms with Gasteiger partial charge in [-0.2, -0.15) is 0 Å². The topological polar surface area (TPSA) is 119 Å². The molecule has 2 fully saturated rings. The smallest absolute Gasteiger partial charge is 0.293 e. The number of carbonyl (C=O) groups is 3. The fourth-order valence-electron chi connectivity index (χ4n) is 3.49. The lowest BCUT2D eigenvalue weighted by Gasteiger charge is -2.26. The van der Waals surface area contributed by atoms with Crippen LogP contribution in [0.5, 0.6) is 5.75 Å². The van der Waals surface area contributed by atoms with Crippen LogP contribution in [0, 0.1) is 10.1 Å². The highest BCUT2D eigenvalue weighted by Gasteiger charge is 2.36. The molecule has 0 unspecified atom stereocenters. The molecular formula is C23H21N3O7S. The molecule has 2 aromatic rings. The zero-order chi connectivity index (χ0) is 24.1. The van der Waals surface area contributed by atoms with Gasteiger partial charge in [-0.05, 0) is 35.5 Å². The molecule has 0 aliphatic carbocycles. The number of para-hydroxylation sites is 1. The van der Waals surface area contributed by atoms with Gasteiger partial charge in [-0.3, -0.25) is 29.4 Å². The van der Waals surface area contributed by atoms with Crippen LogP contribution in [0.4, 0.5) is 10.5 Å². The van der Waals surface area contributed by atoms with Crippen LogP contribution in [-0.4, -0.2) is 64.7 Å². The van der Waals surface area contributed by atoms with E-state index in [4.69, 9.17) is 9.47 Å².